The maximum atomic E-state index is 5.89. The fourth-order valence-electron chi connectivity index (χ4n) is 1.48. The Bertz CT molecular complexity index is 470. The molecule has 0 aliphatic carbocycles. The molecule has 22 heavy (non-hydrogen) atoms. The predicted molar refractivity (Wildman–Crippen MR) is 103 cm³/mol. The summed E-state index contributed by atoms with van der Waals surface area (Å²) in [5, 5.41) is 7.05. The van der Waals surface area contributed by atoms with Crippen molar-refractivity contribution in [2.24, 2.45) is 4.99 Å². The minimum Gasteiger partial charge on any atom is -0.492 e. The molecule has 0 radical (unpaired) electrons. The molecule has 1 rings (SSSR count). The average Bonchev–Trinajstić information content (AvgIpc) is 2.46. The molecule has 1 aromatic carbocycles. The Balaban J connectivity index is 0.00000441. The molecule has 0 unspecified atom stereocenters. The summed E-state index contributed by atoms with van der Waals surface area (Å²) >= 11 is 5.89. The van der Waals surface area contributed by atoms with Crippen LogP contribution in [0.2, 0.25) is 5.02 Å². The number of benzene rings is 1. The van der Waals surface area contributed by atoms with Crippen molar-refractivity contribution in [2.75, 3.05) is 33.9 Å². The third-order valence-electron chi connectivity index (χ3n) is 2.92. The molecule has 0 aliphatic heterocycles. The van der Waals surface area contributed by atoms with E-state index in [1.165, 1.54) is 0 Å². The molecule has 1 aromatic rings. The minimum atomic E-state index is -0.241. The van der Waals surface area contributed by atoms with Gasteiger partial charge in [0.25, 0.3) is 0 Å². The van der Waals surface area contributed by atoms with Crippen LogP contribution in [0.1, 0.15) is 13.8 Å². The summed E-state index contributed by atoms with van der Waals surface area (Å²) in [6.07, 6.45) is 0. The van der Waals surface area contributed by atoms with E-state index in [0.717, 1.165) is 11.7 Å². The van der Waals surface area contributed by atoms with E-state index in [1.807, 2.05) is 32.0 Å². The Labute approximate surface area is 154 Å². The van der Waals surface area contributed by atoms with Crippen molar-refractivity contribution in [1.82, 2.24) is 10.6 Å². The summed E-state index contributed by atoms with van der Waals surface area (Å²) in [5.41, 5.74) is -0.241. The van der Waals surface area contributed by atoms with Gasteiger partial charge in [0.2, 0.25) is 0 Å². The molecule has 0 saturated carbocycles. The highest BCUT2D eigenvalue weighted by Crippen LogP contribution is 2.16. The lowest BCUT2D eigenvalue weighted by Gasteiger charge is -2.24. The van der Waals surface area contributed by atoms with Crippen LogP contribution in [0.15, 0.2) is 29.3 Å². The fourth-order valence-corrected chi connectivity index (χ4v) is 1.66. The van der Waals surface area contributed by atoms with Gasteiger partial charge in [0.05, 0.1) is 12.1 Å². The van der Waals surface area contributed by atoms with Gasteiger partial charge in [0, 0.05) is 25.7 Å². The van der Waals surface area contributed by atoms with Gasteiger partial charge in [-0.25, -0.2) is 0 Å². The average molecular weight is 442 g/mol. The lowest BCUT2D eigenvalue weighted by Crippen LogP contribution is -2.46. The van der Waals surface area contributed by atoms with E-state index in [4.69, 9.17) is 21.1 Å². The molecule has 0 saturated heterocycles. The van der Waals surface area contributed by atoms with Crippen LogP contribution in [0.3, 0.4) is 0 Å². The first-order chi connectivity index (χ1) is 9.96. The number of aliphatic imine (C=N–C) groups is 1. The van der Waals surface area contributed by atoms with E-state index in [1.54, 1.807) is 20.2 Å². The predicted octanol–water partition coefficient (Wildman–Crippen LogP) is 2.93. The van der Waals surface area contributed by atoms with Gasteiger partial charge in [-0.05, 0) is 32.0 Å². The number of nitrogens with one attached hydrogen (secondary N) is 2. The summed E-state index contributed by atoms with van der Waals surface area (Å²) in [7, 11) is 3.42. The number of hydrogen-bond acceptors (Lipinski definition) is 3. The SMILES string of the molecule is CN=C(NCCOc1cccc(Cl)c1)NCC(C)(C)OC.I. The van der Waals surface area contributed by atoms with E-state index in [2.05, 4.69) is 15.6 Å². The molecule has 0 aliphatic rings. The van der Waals surface area contributed by atoms with Gasteiger partial charge in [-0.15, -0.1) is 24.0 Å². The Kier molecular flexibility index (Phi) is 10.5. The second-order valence-corrected chi connectivity index (χ2v) is 5.56. The van der Waals surface area contributed by atoms with Gasteiger partial charge in [-0.1, -0.05) is 17.7 Å². The number of rotatable bonds is 7. The van der Waals surface area contributed by atoms with Crippen LogP contribution < -0.4 is 15.4 Å². The van der Waals surface area contributed by atoms with Gasteiger partial charge in [0.1, 0.15) is 12.4 Å². The van der Waals surface area contributed by atoms with Crippen molar-refractivity contribution in [2.45, 2.75) is 19.4 Å². The molecule has 0 atom stereocenters. The number of guanidine groups is 1. The summed E-state index contributed by atoms with van der Waals surface area (Å²) in [4.78, 5) is 4.15. The number of nitrogens with zero attached hydrogens (tertiary/aromatic N) is 1. The molecule has 0 bridgehead atoms. The minimum absolute atomic E-state index is 0. The van der Waals surface area contributed by atoms with Crippen molar-refractivity contribution in [3.05, 3.63) is 29.3 Å². The Morgan fingerprint density at radius 1 is 1.32 bits per heavy atom. The lowest BCUT2D eigenvalue weighted by molar-refractivity contribution is 0.0268. The van der Waals surface area contributed by atoms with Crippen LogP contribution >= 0.6 is 35.6 Å². The first-order valence-corrected chi connectivity index (χ1v) is 7.22. The fraction of sp³-hybridized carbons (Fsp3) is 0.533. The van der Waals surface area contributed by atoms with Gasteiger partial charge < -0.3 is 20.1 Å². The molecule has 0 amide bonds. The number of hydrogen-bond donors (Lipinski definition) is 2. The van der Waals surface area contributed by atoms with Crippen LogP contribution in [0.4, 0.5) is 0 Å². The molecule has 126 valence electrons. The zero-order chi connectivity index (χ0) is 15.7. The number of methoxy groups -OCH3 is 1. The van der Waals surface area contributed by atoms with Gasteiger partial charge >= 0.3 is 0 Å². The van der Waals surface area contributed by atoms with Crippen molar-refractivity contribution < 1.29 is 9.47 Å². The summed E-state index contributed by atoms with van der Waals surface area (Å²) in [6, 6.07) is 7.34. The third kappa shape index (κ3) is 8.65. The Hall–Kier alpha value is -0.730. The number of halogens is 2. The van der Waals surface area contributed by atoms with Gasteiger partial charge in [-0.2, -0.15) is 0 Å². The lowest BCUT2D eigenvalue weighted by atomic mass is 10.1. The van der Waals surface area contributed by atoms with Gasteiger partial charge in [0.15, 0.2) is 5.96 Å². The molecule has 0 spiro atoms. The largest absolute Gasteiger partial charge is 0.492 e. The highest BCUT2D eigenvalue weighted by Gasteiger charge is 2.16. The van der Waals surface area contributed by atoms with Crippen molar-refractivity contribution in [3.63, 3.8) is 0 Å². The first kappa shape index (κ1) is 21.3. The highest BCUT2D eigenvalue weighted by atomic mass is 127. The zero-order valence-electron chi connectivity index (χ0n) is 13.5. The number of ether oxygens (including phenoxy) is 2. The van der Waals surface area contributed by atoms with E-state index in [0.29, 0.717) is 24.7 Å². The van der Waals surface area contributed by atoms with Crippen LogP contribution in [0.25, 0.3) is 0 Å². The van der Waals surface area contributed by atoms with Gasteiger partial charge in [-0.3, -0.25) is 4.99 Å². The van der Waals surface area contributed by atoms with Crippen molar-refractivity contribution >= 4 is 41.5 Å². The van der Waals surface area contributed by atoms with E-state index >= 15 is 0 Å². The first-order valence-electron chi connectivity index (χ1n) is 6.85. The molecule has 2 N–H and O–H groups in total. The molecule has 0 aromatic heterocycles. The normalized spacial score (nSPS) is 11.6. The quantitative estimate of drug-likeness (QED) is 0.296. The molecule has 7 heteroatoms. The second kappa shape index (κ2) is 10.9. The van der Waals surface area contributed by atoms with Crippen molar-refractivity contribution in [1.29, 1.82) is 0 Å². The maximum Gasteiger partial charge on any atom is 0.191 e. The Morgan fingerprint density at radius 3 is 2.64 bits per heavy atom. The highest BCUT2D eigenvalue weighted by molar-refractivity contribution is 14.0. The molecule has 0 fully saturated rings. The molecular weight excluding hydrogens is 417 g/mol. The summed E-state index contributed by atoms with van der Waals surface area (Å²) in [6.45, 7) is 5.84. The van der Waals surface area contributed by atoms with Crippen LogP contribution in [0, 0.1) is 0 Å². The standard InChI is InChI=1S/C15H24ClN3O2.HI/c1-15(2,20-4)11-19-14(17-3)18-8-9-21-13-7-5-6-12(16)10-13;/h5-7,10H,8-9,11H2,1-4H3,(H2,17,18,19);1H. The van der Waals surface area contributed by atoms with E-state index < -0.39 is 0 Å². The molecular formula is C15H25ClIN3O2. The Morgan fingerprint density at radius 2 is 2.05 bits per heavy atom. The van der Waals surface area contributed by atoms with Crippen LogP contribution in [0.5, 0.6) is 5.75 Å². The van der Waals surface area contributed by atoms with E-state index in [9.17, 15) is 0 Å². The summed E-state index contributed by atoms with van der Waals surface area (Å²) in [5.74, 6) is 1.47. The van der Waals surface area contributed by atoms with Crippen molar-refractivity contribution in [3.8, 4) is 5.75 Å². The molecule has 0 heterocycles. The van der Waals surface area contributed by atoms with Crippen LogP contribution in [-0.4, -0.2) is 45.4 Å². The second-order valence-electron chi connectivity index (χ2n) is 5.12. The third-order valence-corrected chi connectivity index (χ3v) is 3.15. The van der Waals surface area contributed by atoms with E-state index in [-0.39, 0.29) is 29.6 Å². The molecule has 5 nitrogen and oxygen atoms in total. The topological polar surface area (TPSA) is 54.9 Å². The summed E-state index contributed by atoms with van der Waals surface area (Å²) < 4.78 is 10.9. The monoisotopic (exact) mass is 441 g/mol. The smallest absolute Gasteiger partial charge is 0.191 e. The maximum absolute atomic E-state index is 5.89. The zero-order valence-corrected chi connectivity index (χ0v) is 16.6. The van der Waals surface area contributed by atoms with Crippen LogP contribution in [-0.2, 0) is 4.74 Å².